The zero-order valence-corrected chi connectivity index (χ0v) is 13.2. The normalized spacial score (nSPS) is 16.9. The van der Waals surface area contributed by atoms with Gasteiger partial charge in [0.15, 0.2) is 0 Å². The third kappa shape index (κ3) is 2.52. The van der Waals surface area contributed by atoms with E-state index in [1.165, 1.54) is 11.1 Å². The molecule has 0 radical (unpaired) electrons. The lowest BCUT2D eigenvalue weighted by Crippen LogP contribution is -2.07. The van der Waals surface area contributed by atoms with Crippen LogP contribution in [0.2, 0.25) is 0 Å². The number of hydrogen-bond donors (Lipinski definition) is 1. The molecule has 1 atom stereocenters. The highest BCUT2D eigenvalue weighted by atomic mass is 79.9. The van der Waals surface area contributed by atoms with Crippen molar-refractivity contribution in [2.75, 3.05) is 12.4 Å². The number of nitrogens with zero attached hydrogens (tertiary/aromatic N) is 1. The number of halogens is 1. The van der Waals surface area contributed by atoms with Gasteiger partial charge in [0.1, 0.15) is 10.4 Å². The van der Waals surface area contributed by atoms with E-state index in [-0.39, 0.29) is 0 Å². The lowest BCUT2D eigenvalue weighted by molar-refractivity contribution is 0.414. The number of pyridine rings is 1. The Labute approximate surface area is 127 Å². The van der Waals surface area contributed by atoms with Gasteiger partial charge >= 0.3 is 0 Å². The van der Waals surface area contributed by atoms with Crippen LogP contribution in [0.3, 0.4) is 0 Å². The van der Waals surface area contributed by atoms with Gasteiger partial charge in [-0.15, -0.1) is 0 Å². The Kier molecular flexibility index (Phi) is 3.66. The minimum atomic E-state index is 0.336. The van der Waals surface area contributed by atoms with Crippen LogP contribution in [0.5, 0.6) is 5.75 Å². The van der Waals surface area contributed by atoms with Crippen molar-refractivity contribution in [3.63, 3.8) is 0 Å². The summed E-state index contributed by atoms with van der Waals surface area (Å²) in [4.78, 5) is 4.34. The monoisotopic (exact) mass is 332 g/mol. The van der Waals surface area contributed by atoms with Gasteiger partial charge < -0.3 is 10.1 Å². The fourth-order valence-corrected chi connectivity index (χ4v) is 2.91. The number of methoxy groups -OCH3 is 1. The molecule has 0 saturated heterocycles. The second-order valence-corrected chi connectivity index (χ2v) is 5.88. The van der Waals surface area contributed by atoms with Crippen molar-refractivity contribution < 1.29 is 4.74 Å². The third-order valence-electron chi connectivity index (χ3n) is 3.79. The Morgan fingerprint density at radius 1 is 1.35 bits per heavy atom. The molecule has 104 valence electrons. The first-order valence-corrected chi connectivity index (χ1v) is 7.52. The molecule has 1 aliphatic carbocycles. The fourth-order valence-electron chi connectivity index (χ4n) is 2.70. The van der Waals surface area contributed by atoms with Crippen LogP contribution in [-0.2, 0) is 6.42 Å². The first-order chi connectivity index (χ1) is 9.67. The maximum Gasteiger partial charge on any atom is 0.119 e. The largest absolute Gasteiger partial charge is 0.497 e. The van der Waals surface area contributed by atoms with Crippen molar-refractivity contribution in [1.29, 1.82) is 0 Å². The molecule has 0 bridgehead atoms. The second kappa shape index (κ2) is 5.44. The van der Waals surface area contributed by atoms with E-state index in [1.807, 2.05) is 19.2 Å². The van der Waals surface area contributed by atoms with Crippen LogP contribution >= 0.6 is 15.9 Å². The smallest absolute Gasteiger partial charge is 0.119 e. The van der Waals surface area contributed by atoms with Gasteiger partial charge in [-0.25, -0.2) is 4.98 Å². The number of fused-ring (bicyclic) bond motifs is 1. The molecular formula is C16H17BrN2O. The van der Waals surface area contributed by atoms with Crippen molar-refractivity contribution in [1.82, 2.24) is 4.98 Å². The molecule has 0 saturated carbocycles. The maximum absolute atomic E-state index is 5.33. The van der Waals surface area contributed by atoms with Crippen molar-refractivity contribution in [2.24, 2.45) is 0 Å². The van der Waals surface area contributed by atoms with E-state index < -0.39 is 0 Å². The summed E-state index contributed by atoms with van der Waals surface area (Å²) in [7, 11) is 1.71. The molecular weight excluding hydrogens is 316 g/mol. The predicted molar refractivity (Wildman–Crippen MR) is 84.4 cm³/mol. The summed E-state index contributed by atoms with van der Waals surface area (Å²) in [5.41, 5.74) is 4.94. The van der Waals surface area contributed by atoms with E-state index in [0.717, 1.165) is 34.4 Å². The standard InChI is InChI=1S/C16H17BrN2O/c1-10-7-12(9-18-16(10)17)19-15-6-4-11-3-5-13(20-2)8-14(11)15/h3,5,7-9,15,19H,4,6H2,1-2H3. The number of anilines is 1. The molecule has 2 aromatic rings. The Bertz CT molecular complexity index is 642. The summed E-state index contributed by atoms with van der Waals surface area (Å²) in [5, 5.41) is 3.58. The SMILES string of the molecule is COc1ccc2c(c1)C(Nc1cnc(Br)c(C)c1)CC2. The Morgan fingerprint density at radius 3 is 2.95 bits per heavy atom. The number of hydrogen-bond acceptors (Lipinski definition) is 3. The number of aryl methyl sites for hydroxylation is 2. The molecule has 4 heteroatoms. The first kappa shape index (κ1) is 13.4. The van der Waals surface area contributed by atoms with Crippen LogP contribution in [-0.4, -0.2) is 12.1 Å². The lowest BCUT2D eigenvalue weighted by Gasteiger charge is -2.16. The van der Waals surface area contributed by atoms with Crippen LogP contribution in [0.15, 0.2) is 35.1 Å². The zero-order chi connectivity index (χ0) is 14.1. The average Bonchev–Trinajstić information content (AvgIpc) is 2.85. The van der Waals surface area contributed by atoms with Gasteiger partial charge in [-0.3, -0.25) is 0 Å². The molecule has 1 aliphatic rings. The number of nitrogens with one attached hydrogen (secondary N) is 1. The van der Waals surface area contributed by atoms with E-state index in [2.05, 4.69) is 44.4 Å². The van der Waals surface area contributed by atoms with Crippen LogP contribution in [0, 0.1) is 6.92 Å². The molecule has 1 aromatic carbocycles. The number of benzene rings is 1. The highest BCUT2D eigenvalue weighted by Gasteiger charge is 2.23. The summed E-state index contributed by atoms with van der Waals surface area (Å²) >= 11 is 3.43. The Balaban J connectivity index is 1.85. The minimum Gasteiger partial charge on any atom is -0.497 e. The van der Waals surface area contributed by atoms with Crippen LogP contribution < -0.4 is 10.1 Å². The zero-order valence-electron chi connectivity index (χ0n) is 11.6. The molecule has 3 rings (SSSR count). The molecule has 1 unspecified atom stereocenters. The predicted octanol–water partition coefficient (Wildman–Crippen LogP) is 4.26. The number of rotatable bonds is 3. The second-order valence-electron chi connectivity index (χ2n) is 5.13. The molecule has 0 spiro atoms. The van der Waals surface area contributed by atoms with Gasteiger partial charge in [0, 0.05) is 0 Å². The summed E-state index contributed by atoms with van der Waals surface area (Å²) in [6, 6.07) is 8.80. The van der Waals surface area contributed by atoms with Crippen LogP contribution in [0.4, 0.5) is 5.69 Å². The molecule has 20 heavy (non-hydrogen) atoms. The van der Waals surface area contributed by atoms with Gasteiger partial charge in [-0.1, -0.05) is 6.07 Å². The number of ether oxygens (including phenoxy) is 1. The van der Waals surface area contributed by atoms with E-state index in [4.69, 9.17) is 4.74 Å². The van der Waals surface area contributed by atoms with E-state index in [9.17, 15) is 0 Å². The van der Waals surface area contributed by atoms with Gasteiger partial charge in [-0.2, -0.15) is 0 Å². The molecule has 0 fully saturated rings. The number of aromatic nitrogens is 1. The Morgan fingerprint density at radius 2 is 2.20 bits per heavy atom. The lowest BCUT2D eigenvalue weighted by atomic mass is 10.1. The highest BCUT2D eigenvalue weighted by molar-refractivity contribution is 9.10. The van der Waals surface area contributed by atoms with Crippen LogP contribution in [0.25, 0.3) is 0 Å². The highest BCUT2D eigenvalue weighted by Crippen LogP contribution is 2.36. The quantitative estimate of drug-likeness (QED) is 0.852. The molecule has 1 aromatic heterocycles. The minimum absolute atomic E-state index is 0.336. The fraction of sp³-hybridized carbons (Fsp3) is 0.312. The molecule has 1 N–H and O–H groups in total. The average molecular weight is 333 g/mol. The van der Waals surface area contributed by atoms with Crippen LogP contribution in [0.1, 0.15) is 29.2 Å². The molecule has 0 aliphatic heterocycles. The van der Waals surface area contributed by atoms with Gasteiger partial charge in [0.05, 0.1) is 25.0 Å². The third-order valence-corrected chi connectivity index (χ3v) is 4.62. The summed E-state index contributed by atoms with van der Waals surface area (Å²) < 4.78 is 6.23. The summed E-state index contributed by atoms with van der Waals surface area (Å²) in [5.74, 6) is 0.919. The summed E-state index contributed by atoms with van der Waals surface area (Å²) in [6.07, 6.45) is 4.09. The van der Waals surface area contributed by atoms with Crippen molar-refractivity contribution in [3.8, 4) is 5.75 Å². The first-order valence-electron chi connectivity index (χ1n) is 6.73. The topological polar surface area (TPSA) is 34.1 Å². The molecule has 3 nitrogen and oxygen atoms in total. The van der Waals surface area contributed by atoms with Crippen molar-refractivity contribution >= 4 is 21.6 Å². The van der Waals surface area contributed by atoms with E-state index in [1.54, 1.807) is 7.11 Å². The molecule has 0 amide bonds. The maximum atomic E-state index is 5.33. The van der Waals surface area contributed by atoms with E-state index in [0.29, 0.717) is 6.04 Å². The summed E-state index contributed by atoms with van der Waals surface area (Å²) in [6.45, 7) is 2.05. The molecule has 1 heterocycles. The van der Waals surface area contributed by atoms with Gasteiger partial charge in [0.2, 0.25) is 0 Å². The van der Waals surface area contributed by atoms with Crippen molar-refractivity contribution in [3.05, 3.63) is 51.8 Å². The Hall–Kier alpha value is -1.55. The van der Waals surface area contributed by atoms with E-state index >= 15 is 0 Å². The van der Waals surface area contributed by atoms with Gasteiger partial charge in [0.25, 0.3) is 0 Å². The van der Waals surface area contributed by atoms with Gasteiger partial charge in [-0.05, 0) is 70.6 Å². The van der Waals surface area contributed by atoms with Crippen molar-refractivity contribution in [2.45, 2.75) is 25.8 Å².